The Kier molecular flexibility index (Phi) is 5.95. The van der Waals surface area contributed by atoms with Crippen molar-refractivity contribution in [1.29, 1.82) is 0 Å². The fourth-order valence-corrected chi connectivity index (χ4v) is 2.68. The second-order valence-corrected chi connectivity index (χ2v) is 5.22. The van der Waals surface area contributed by atoms with E-state index in [4.69, 9.17) is 25.8 Å². The van der Waals surface area contributed by atoms with Gasteiger partial charge in [-0.2, -0.15) is 0 Å². The van der Waals surface area contributed by atoms with E-state index in [0.29, 0.717) is 29.2 Å². The summed E-state index contributed by atoms with van der Waals surface area (Å²) in [6.07, 6.45) is 2.64. The molecule has 4 nitrogen and oxygen atoms in total. The molecule has 1 atom stereocenters. The van der Waals surface area contributed by atoms with Crippen molar-refractivity contribution < 1.29 is 14.2 Å². The minimum Gasteiger partial charge on any atom is -0.491 e. The fourth-order valence-electron chi connectivity index (χ4n) is 2.37. The zero-order valence-corrected chi connectivity index (χ0v) is 12.8. The van der Waals surface area contributed by atoms with Crippen molar-refractivity contribution in [1.82, 2.24) is 5.32 Å². The van der Waals surface area contributed by atoms with E-state index in [0.717, 1.165) is 38.1 Å². The molecule has 1 heterocycles. The van der Waals surface area contributed by atoms with Gasteiger partial charge >= 0.3 is 0 Å². The van der Waals surface area contributed by atoms with Crippen LogP contribution in [0.2, 0.25) is 5.02 Å². The summed E-state index contributed by atoms with van der Waals surface area (Å²) in [4.78, 5) is 0. The van der Waals surface area contributed by atoms with Gasteiger partial charge in [0.25, 0.3) is 0 Å². The lowest BCUT2D eigenvalue weighted by atomic mass is 10.2. The molecule has 0 unspecified atom stereocenters. The highest BCUT2D eigenvalue weighted by atomic mass is 35.5. The molecule has 0 bridgehead atoms. The first-order valence-corrected chi connectivity index (χ1v) is 7.44. The lowest BCUT2D eigenvalue weighted by Crippen LogP contribution is -2.25. The Hall–Kier alpha value is -0.970. The Balaban J connectivity index is 1.96. The van der Waals surface area contributed by atoms with Crippen LogP contribution in [0.1, 0.15) is 25.3 Å². The van der Waals surface area contributed by atoms with Gasteiger partial charge in [-0.05, 0) is 37.5 Å². The van der Waals surface area contributed by atoms with Crippen LogP contribution in [0.5, 0.6) is 11.5 Å². The zero-order valence-electron chi connectivity index (χ0n) is 12.1. The van der Waals surface area contributed by atoms with Gasteiger partial charge < -0.3 is 19.5 Å². The Morgan fingerprint density at radius 3 is 2.95 bits per heavy atom. The van der Waals surface area contributed by atoms with Crippen LogP contribution in [0.15, 0.2) is 12.1 Å². The van der Waals surface area contributed by atoms with Gasteiger partial charge in [-0.3, -0.25) is 0 Å². The second kappa shape index (κ2) is 7.72. The highest BCUT2D eigenvalue weighted by molar-refractivity contribution is 6.32. The summed E-state index contributed by atoms with van der Waals surface area (Å²) in [5.74, 6) is 1.29. The number of hydrogen-bond donors (Lipinski definition) is 1. The highest BCUT2D eigenvalue weighted by Gasteiger charge is 2.15. The molecule has 112 valence electrons. The van der Waals surface area contributed by atoms with Crippen LogP contribution >= 0.6 is 11.6 Å². The minimum absolute atomic E-state index is 0.343. The first kappa shape index (κ1) is 15.4. The molecule has 1 aromatic rings. The molecule has 1 saturated heterocycles. The molecule has 1 aliphatic rings. The summed E-state index contributed by atoms with van der Waals surface area (Å²) >= 11 is 6.22. The number of benzene rings is 1. The summed E-state index contributed by atoms with van der Waals surface area (Å²) in [7, 11) is 1.60. The van der Waals surface area contributed by atoms with Crippen molar-refractivity contribution in [3.63, 3.8) is 0 Å². The maximum absolute atomic E-state index is 6.22. The first-order valence-electron chi connectivity index (χ1n) is 7.06. The van der Waals surface area contributed by atoms with Crippen LogP contribution in [0.4, 0.5) is 0 Å². The van der Waals surface area contributed by atoms with E-state index in [1.807, 2.05) is 19.1 Å². The number of rotatable bonds is 7. The van der Waals surface area contributed by atoms with Gasteiger partial charge in [0.05, 0.1) is 24.8 Å². The number of hydrogen-bond acceptors (Lipinski definition) is 4. The van der Waals surface area contributed by atoms with Gasteiger partial charge in [-0.15, -0.1) is 0 Å². The lowest BCUT2D eigenvalue weighted by Gasteiger charge is -2.14. The molecule has 1 fully saturated rings. The summed E-state index contributed by atoms with van der Waals surface area (Å²) < 4.78 is 16.4. The molecule has 0 saturated carbocycles. The highest BCUT2D eigenvalue weighted by Crippen LogP contribution is 2.36. The molecular formula is C15H22ClNO3. The van der Waals surface area contributed by atoms with Crippen molar-refractivity contribution in [3.8, 4) is 11.5 Å². The van der Waals surface area contributed by atoms with E-state index >= 15 is 0 Å². The van der Waals surface area contributed by atoms with Crippen LogP contribution in [-0.2, 0) is 11.3 Å². The molecule has 0 radical (unpaired) electrons. The molecule has 5 heteroatoms. The average molecular weight is 300 g/mol. The van der Waals surface area contributed by atoms with Crippen molar-refractivity contribution in [3.05, 3.63) is 22.7 Å². The third-order valence-corrected chi connectivity index (χ3v) is 3.58. The van der Waals surface area contributed by atoms with Gasteiger partial charge in [0.15, 0.2) is 11.5 Å². The lowest BCUT2D eigenvalue weighted by molar-refractivity contribution is 0.110. The molecule has 2 rings (SSSR count). The number of methoxy groups -OCH3 is 1. The average Bonchev–Trinajstić information content (AvgIpc) is 2.92. The van der Waals surface area contributed by atoms with Crippen molar-refractivity contribution in [2.45, 2.75) is 32.4 Å². The predicted octanol–water partition coefficient (Wildman–Crippen LogP) is 3.02. The molecule has 0 aromatic heterocycles. The predicted molar refractivity (Wildman–Crippen MR) is 79.9 cm³/mol. The topological polar surface area (TPSA) is 39.7 Å². The molecule has 1 N–H and O–H groups in total. The maximum atomic E-state index is 6.22. The Labute approximate surface area is 125 Å². The Bertz CT molecular complexity index is 433. The number of nitrogens with one attached hydrogen (secondary N) is 1. The fraction of sp³-hybridized carbons (Fsp3) is 0.600. The van der Waals surface area contributed by atoms with Gasteiger partial charge in [-0.25, -0.2) is 0 Å². The van der Waals surface area contributed by atoms with Crippen molar-refractivity contribution in [2.24, 2.45) is 0 Å². The summed E-state index contributed by atoms with van der Waals surface area (Å²) in [5, 5.41) is 3.97. The summed E-state index contributed by atoms with van der Waals surface area (Å²) in [6.45, 7) is 5.02. The van der Waals surface area contributed by atoms with Crippen LogP contribution in [0, 0.1) is 0 Å². The van der Waals surface area contributed by atoms with Crippen molar-refractivity contribution in [2.75, 3.05) is 26.9 Å². The standard InChI is InChI=1S/C15H22ClNO3/c1-3-19-14-8-11(7-13(16)15(14)18-2)9-17-10-12-5-4-6-20-12/h7-8,12,17H,3-6,9-10H2,1-2H3/t12-/m0/s1. The molecule has 1 aromatic carbocycles. The normalized spacial score (nSPS) is 18.2. The SMILES string of the molecule is CCOc1cc(CNC[C@@H]2CCCO2)cc(Cl)c1OC. The van der Waals surface area contributed by atoms with Crippen LogP contribution in [-0.4, -0.2) is 33.0 Å². The maximum Gasteiger partial charge on any atom is 0.179 e. The smallest absolute Gasteiger partial charge is 0.179 e. The van der Waals surface area contributed by atoms with E-state index < -0.39 is 0 Å². The molecule has 0 spiro atoms. The van der Waals surface area contributed by atoms with E-state index in [-0.39, 0.29) is 0 Å². The van der Waals surface area contributed by atoms with Gasteiger partial charge in [0.1, 0.15) is 0 Å². The molecule has 0 aliphatic carbocycles. The zero-order chi connectivity index (χ0) is 14.4. The Morgan fingerprint density at radius 1 is 1.45 bits per heavy atom. The third-order valence-electron chi connectivity index (χ3n) is 3.30. The quantitative estimate of drug-likeness (QED) is 0.840. The van der Waals surface area contributed by atoms with Crippen LogP contribution in [0.25, 0.3) is 0 Å². The molecular weight excluding hydrogens is 278 g/mol. The van der Waals surface area contributed by atoms with Gasteiger partial charge in [-0.1, -0.05) is 11.6 Å². The molecule has 1 aliphatic heterocycles. The first-order chi connectivity index (χ1) is 9.74. The molecule has 0 amide bonds. The number of halogens is 1. The van der Waals surface area contributed by atoms with E-state index in [1.165, 1.54) is 0 Å². The van der Waals surface area contributed by atoms with Crippen molar-refractivity contribution >= 4 is 11.6 Å². The van der Waals surface area contributed by atoms with E-state index in [1.54, 1.807) is 7.11 Å². The summed E-state index contributed by atoms with van der Waals surface area (Å²) in [5.41, 5.74) is 1.08. The Morgan fingerprint density at radius 2 is 2.30 bits per heavy atom. The van der Waals surface area contributed by atoms with Crippen LogP contribution in [0.3, 0.4) is 0 Å². The third kappa shape index (κ3) is 4.01. The molecule has 20 heavy (non-hydrogen) atoms. The van der Waals surface area contributed by atoms with Gasteiger partial charge in [0, 0.05) is 19.7 Å². The second-order valence-electron chi connectivity index (χ2n) is 4.81. The largest absolute Gasteiger partial charge is 0.491 e. The monoisotopic (exact) mass is 299 g/mol. The van der Waals surface area contributed by atoms with Gasteiger partial charge in [0.2, 0.25) is 0 Å². The summed E-state index contributed by atoms with van der Waals surface area (Å²) in [6, 6.07) is 3.88. The van der Waals surface area contributed by atoms with E-state index in [9.17, 15) is 0 Å². The minimum atomic E-state index is 0.343. The number of ether oxygens (including phenoxy) is 3. The van der Waals surface area contributed by atoms with E-state index in [2.05, 4.69) is 5.32 Å². The van der Waals surface area contributed by atoms with Crippen LogP contribution < -0.4 is 14.8 Å².